The number of piperazine rings is 1. The summed E-state index contributed by atoms with van der Waals surface area (Å²) in [5.74, 6) is 0.371. The van der Waals surface area contributed by atoms with E-state index in [-0.39, 0.29) is 11.9 Å². The fourth-order valence-corrected chi connectivity index (χ4v) is 3.59. The minimum atomic E-state index is -0.563. The number of amides is 1. The molecule has 1 aliphatic heterocycles. The first-order valence-electron chi connectivity index (χ1n) is 8.00. The van der Waals surface area contributed by atoms with Crippen LogP contribution in [0.15, 0.2) is 0 Å². The number of aliphatic hydroxyl groups is 1. The Morgan fingerprint density at radius 1 is 1.35 bits per heavy atom. The highest BCUT2D eigenvalue weighted by atomic mass is 16.3. The summed E-state index contributed by atoms with van der Waals surface area (Å²) < 4.78 is 0. The molecule has 1 heterocycles. The highest BCUT2D eigenvalue weighted by Gasteiger charge is 2.34. The molecule has 2 aliphatic rings. The molecule has 1 saturated heterocycles. The number of aliphatic hydroxyl groups excluding tert-OH is 1. The topological polar surface area (TPSA) is 64.6 Å². The van der Waals surface area contributed by atoms with E-state index in [4.69, 9.17) is 0 Å². The largest absolute Gasteiger partial charge is 0.376 e. The van der Waals surface area contributed by atoms with E-state index < -0.39 is 6.23 Å². The monoisotopic (exact) mass is 283 g/mol. The van der Waals surface area contributed by atoms with Gasteiger partial charge in [0.05, 0.1) is 6.04 Å². The zero-order valence-corrected chi connectivity index (χ0v) is 12.8. The minimum Gasteiger partial charge on any atom is -0.376 e. The van der Waals surface area contributed by atoms with E-state index in [0.717, 1.165) is 32.5 Å². The van der Waals surface area contributed by atoms with E-state index in [1.54, 1.807) is 6.92 Å². The number of rotatable bonds is 4. The van der Waals surface area contributed by atoms with Crippen LogP contribution in [0.5, 0.6) is 0 Å². The summed E-state index contributed by atoms with van der Waals surface area (Å²) in [7, 11) is 0. The molecule has 3 atom stereocenters. The first kappa shape index (κ1) is 15.7. The maximum Gasteiger partial charge on any atom is 0.217 e. The van der Waals surface area contributed by atoms with Crippen molar-refractivity contribution in [2.75, 3.05) is 19.6 Å². The third-order valence-corrected chi connectivity index (χ3v) is 4.62. The molecule has 0 bridgehead atoms. The molecule has 0 radical (unpaired) electrons. The highest BCUT2D eigenvalue weighted by molar-refractivity contribution is 5.73. The molecule has 1 unspecified atom stereocenters. The average molecular weight is 283 g/mol. The van der Waals surface area contributed by atoms with Gasteiger partial charge in [0.25, 0.3) is 0 Å². The maximum absolute atomic E-state index is 11.5. The lowest BCUT2D eigenvalue weighted by atomic mass is 9.82. The second-order valence-electron chi connectivity index (χ2n) is 6.39. The van der Waals surface area contributed by atoms with Crippen LogP contribution in [0.4, 0.5) is 0 Å². The number of carbonyl (C=O) groups excluding carboxylic acids is 1. The van der Waals surface area contributed by atoms with Gasteiger partial charge in [-0.1, -0.05) is 19.3 Å². The molecule has 1 amide bonds. The summed E-state index contributed by atoms with van der Waals surface area (Å²) in [6, 6.07) is 0.265. The molecule has 1 aliphatic carbocycles. The van der Waals surface area contributed by atoms with Crippen molar-refractivity contribution in [1.29, 1.82) is 0 Å². The summed E-state index contributed by atoms with van der Waals surface area (Å²) in [5.41, 5.74) is 0. The van der Waals surface area contributed by atoms with E-state index in [2.05, 4.69) is 22.5 Å². The molecule has 0 aromatic heterocycles. The van der Waals surface area contributed by atoms with Gasteiger partial charge in [-0.25, -0.2) is 0 Å². The van der Waals surface area contributed by atoms with Crippen molar-refractivity contribution >= 4 is 5.91 Å². The molecule has 0 aromatic carbocycles. The fourth-order valence-electron chi connectivity index (χ4n) is 3.59. The van der Waals surface area contributed by atoms with E-state index in [9.17, 15) is 9.90 Å². The van der Waals surface area contributed by atoms with Crippen LogP contribution in [0.1, 0.15) is 46.0 Å². The number of nitrogens with one attached hydrogen (secondary N) is 2. The van der Waals surface area contributed by atoms with Crippen LogP contribution in [0.2, 0.25) is 0 Å². The zero-order chi connectivity index (χ0) is 14.5. The van der Waals surface area contributed by atoms with Gasteiger partial charge in [0.2, 0.25) is 5.91 Å². The van der Waals surface area contributed by atoms with Crippen LogP contribution in [0, 0.1) is 5.92 Å². The Hall–Kier alpha value is -0.650. The van der Waals surface area contributed by atoms with Crippen LogP contribution in [0.25, 0.3) is 0 Å². The van der Waals surface area contributed by atoms with Crippen molar-refractivity contribution in [1.82, 2.24) is 15.5 Å². The van der Waals surface area contributed by atoms with Crippen molar-refractivity contribution in [3.63, 3.8) is 0 Å². The lowest BCUT2D eigenvalue weighted by Crippen LogP contribution is -2.60. The van der Waals surface area contributed by atoms with Gasteiger partial charge in [-0.2, -0.15) is 0 Å². The van der Waals surface area contributed by atoms with Gasteiger partial charge in [0.15, 0.2) is 0 Å². The summed E-state index contributed by atoms with van der Waals surface area (Å²) in [6.07, 6.45) is 5.38. The van der Waals surface area contributed by atoms with Gasteiger partial charge in [0, 0.05) is 32.6 Å². The number of hydrogen-bond acceptors (Lipinski definition) is 4. The van der Waals surface area contributed by atoms with Crippen LogP contribution < -0.4 is 10.6 Å². The van der Waals surface area contributed by atoms with Gasteiger partial charge in [-0.15, -0.1) is 0 Å². The molecular formula is C15H29N3O2. The Balaban J connectivity index is 2.01. The molecule has 5 nitrogen and oxygen atoms in total. The normalized spacial score (nSPS) is 28.9. The Bertz CT molecular complexity index is 318. The first-order chi connectivity index (χ1) is 9.58. The fraction of sp³-hybridized carbons (Fsp3) is 0.933. The van der Waals surface area contributed by atoms with Crippen LogP contribution in [0.3, 0.4) is 0 Å². The molecular weight excluding hydrogens is 254 g/mol. The summed E-state index contributed by atoms with van der Waals surface area (Å²) in [5, 5.41) is 17.1. The van der Waals surface area contributed by atoms with E-state index in [0.29, 0.717) is 12.0 Å². The first-order valence-corrected chi connectivity index (χ1v) is 8.00. The van der Waals surface area contributed by atoms with Gasteiger partial charge >= 0.3 is 0 Å². The van der Waals surface area contributed by atoms with Crippen LogP contribution >= 0.6 is 0 Å². The predicted molar refractivity (Wildman–Crippen MR) is 79.2 cm³/mol. The van der Waals surface area contributed by atoms with Crippen LogP contribution in [-0.2, 0) is 4.79 Å². The summed E-state index contributed by atoms with van der Waals surface area (Å²) >= 11 is 0. The quantitative estimate of drug-likeness (QED) is 0.710. The summed E-state index contributed by atoms with van der Waals surface area (Å²) in [6.45, 7) is 6.25. The van der Waals surface area contributed by atoms with Gasteiger partial charge in [0.1, 0.15) is 6.23 Å². The molecule has 20 heavy (non-hydrogen) atoms. The Labute approximate surface area is 122 Å². The number of nitrogens with zero attached hydrogens (tertiary/aromatic N) is 1. The van der Waals surface area contributed by atoms with Gasteiger partial charge < -0.3 is 15.7 Å². The Morgan fingerprint density at radius 3 is 2.65 bits per heavy atom. The maximum atomic E-state index is 11.5. The minimum absolute atomic E-state index is 0.0391. The molecule has 2 fully saturated rings. The third-order valence-electron chi connectivity index (χ3n) is 4.62. The molecule has 116 valence electrons. The van der Waals surface area contributed by atoms with E-state index in [1.807, 2.05) is 0 Å². The van der Waals surface area contributed by atoms with Crippen molar-refractivity contribution in [2.24, 2.45) is 5.92 Å². The second-order valence-corrected chi connectivity index (χ2v) is 6.39. The number of carbonyl (C=O) groups is 1. The second kappa shape index (κ2) is 7.38. The lowest BCUT2D eigenvalue weighted by molar-refractivity contribution is -0.124. The SMILES string of the molecule is CC(=O)N[C@@H](C1CCCCC1)C(O)N1CCN[C@@H](C)C1. The van der Waals surface area contributed by atoms with E-state index in [1.165, 1.54) is 19.3 Å². The predicted octanol–water partition coefficient (Wildman–Crippen LogP) is 0.684. The molecule has 0 spiro atoms. The van der Waals surface area contributed by atoms with Gasteiger partial charge in [-0.3, -0.25) is 9.69 Å². The van der Waals surface area contributed by atoms with Crippen molar-refractivity contribution in [2.45, 2.75) is 64.3 Å². The molecule has 3 N–H and O–H groups in total. The third kappa shape index (κ3) is 4.17. The highest BCUT2D eigenvalue weighted by Crippen LogP contribution is 2.28. The zero-order valence-electron chi connectivity index (χ0n) is 12.8. The molecule has 1 saturated carbocycles. The Kier molecular flexibility index (Phi) is 5.81. The smallest absolute Gasteiger partial charge is 0.217 e. The van der Waals surface area contributed by atoms with Crippen LogP contribution in [-0.4, -0.2) is 53.9 Å². The lowest BCUT2D eigenvalue weighted by Gasteiger charge is -2.42. The van der Waals surface area contributed by atoms with Gasteiger partial charge in [-0.05, 0) is 25.7 Å². The average Bonchev–Trinajstić information content (AvgIpc) is 2.45. The van der Waals surface area contributed by atoms with Crippen molar-refractivity contribution < 1.29 is 9.90 Å². The van der Waals surface area contributed by atoms with Crippen molar-refractivity contribution in [3.8, 4) is 0 Å². The van der Waals surface area contributed by atoms with E-state index >= 15 is 0 Å². The molecule has 5 heteroatoms. The Morgan fingerprint density at radius 2 is 2.05 bits per heavy atom. The molecule has 2 rings (SSSR count). The number of hydrogen-bond donors (Lipinski definition) is 3. The van der Waals surface area contributed by atoms with Crippen molar-refractivity contribution in [3.05, 3.63) is 0 Å². The summed E-state index contributed by atoms with van der Waals surface area (Å²) in [4.78, 5) is 13.6. The molecule has 0 aromatic rings. The standard InChI is InChI=1S/C15H29N3O2/c1-11-10-18(9-8-16-11)15(20)14(17-12(2)19)13-6-4-3-5-7-13/h11,13-16,20H,3-10H2,1-2H3,(H,17,19)/t11-,14-,15?/m0/s1.